The smallest absolute Gasteiger partial charge is 0.253 e. The van der Waals surface area contributed by atoms with Crippen LogP contribution in [0.1, 0.15) is 28.9 Å². The maximum atomic E-state index is 12.4. The van der Waals surface area contributed by atoms with Crippen molar-refractivity contribution in [3.63, 3.8) is 0 Å². The molecule has 1 atom stereocenters. The average molecular weight is 346 g/mol. The molecule has 1 aromatic heterocycles. The number of carbonyl (C=O) groups is 1. The first-order chi connectivity index (χ1) is 11.6. The molecular formula is C18H20ClN3O2. The third kappa shape index (κ3) is 4.04. The van der Waals surface area contributed by atoms with E-state index in [-0.39, 0.29) is 11.9 Å². The van der Waals surface area contributed by atoms with Gasteiger partial charge >= 0.3 is 0 Å². The zero-order chi connectivity index (χ0) is 16.9. The highest BCUT2D eigenvalue weighted by molar-refractivity contribution is 6.30. The lowest BCUT2D eigenvalue weighted by molar-refractivity contribution is 0.0939. The number of nitrogens with zero attached hydrogens (tertiary/aromatic N) is 2. The topological polar surface area (TPSA) is 54.5 Å². The molecule has 0 radical (unpaired) electrons. The largest absolute Gasteiger partial charge is 0.378 e. The van der Waals surface area contributed by atoms with Crippen molar-refractivity contribution in [1.82, 2.24) is 10.3 Å². The molecule has 0 aliphatic carbocycles. The summed E-state index contributed by atoms with van der Waals surface area (Å²) in [6, 6.07) is 11.0. The van der Waals surface area contributed by atoms with E-state index in [0.717, 1.165) is 24.5 Å². The van der Waals surface area contributed by atoms with Crippen LogP contribution in [0.3, 0.4) is 0 Å². The van der Waals surface area contributed by atoms with E-state index in [1.54, 1.807) is 12.3 Å². The van der Waals surface area contributed by atoms with Crippen molar-refractivity contribution in [3.05, 3.63) is 58.7 Å². The van der Waals surface area contributed by atoms with Gasteiger partial charge in [0.2, 0.25) is 0 Å². The van der Waals surface area contributed by atoms with Gasteiger partial charge in [-0.1, -0.05) is 23.7 Å². The number of morpholine rings is 1. The van der Waals surface area contributed by atoms with Gasteiger partial charge in [0.25, 0.3) is 5.91 Å². The number of hydrogen-bond donors (Lipinski definition) is 1. The Morgan fingerprint density at radius 1 is 1.29 bits per heavy atom. The highest BCUT2D eigenvalue weighted by Crippen LogP contribution is 2.18. The van der Waals surface area contributed by atoms with Crippen molar-refractivity contribution in [2.75, 3.05) is 31.2 Å². The van der Waals surface area contributed by atoms with Gasteiger partial charge < -0.3 is 15.0 Å². The fourth-order valence-electron chi connectivity index (χ4n) is 2.64. The SMILES string of the molecule is C[C@H](NC(=O)c1ccc(N2CCOCC2)nc1)c1cccc(Cl)c1. The predicted molar refractivity (Wildman–Crippen MR) is 94.6 cm³/mol. The maximum Gasteiger partial charge on any atom is 0.253 e. The van der Waals surface area contributed by atoms with Crippen LogP contribution < -0.4 is 10.2 Å². The van der Waals surface area contributed by atoms with E-state index in [1.165, 1.54) is 0 Å². The summed E-state index contributed by atoms with van der Waals surface area (Å²) in [5.74, 6) is 0.723. The first-order valence-corrected chi connectivity index (χ1v) is 8.36. The maximum absolute atomic E-state index is 12.4. The molecule has 1 amide bonds. The second kappa shape index (κ2) is 7.64. The van der Waals surface area contributed by atoms with Gasteiger partial charge in [0.15, 0.2) is 0 Å². The summed E-state index contributed by atoms with van der Waals surface area (Å²) >= 11 is 6.00. The summed E-state index contributed by atoms with van der Waals surface area (Å²) in [7, 11) is 0. The van der Waals surface area contributed by atoms with E-state index in [4.69, 9.17) is 16.3 Å². The van der Waals surface area contributed by atoms with Gasteiger partial charge in [0.1, 0.15) is 5.82 Å². The summed E-state index contributed by atoms with van der Waals surface area (Å²) in [6.07, 6.45) is 1.62. The Morgan fingerprint density at radius 3 is 2.75 bits per heavy atom. The molecule has 1 saturated heterocycles. The van der Waals surface area contributed by atoms with Crippen LogP contribution >= 0.6 is 11.6 Å². The number of aromatic nitrogens is 1. The van der Waals surface area contributed by atoms with Gasteiger partial charge in [-0.2, -0.15) is 0 Å². The fraction of sp³-hybridized carbons (Fsp3) is 0.333. The van der Waals surface area contributed by atoms with Crippen LogP contribution in [0.4, 0.5) is 5.82 Å². The first kappa shape index (κ1) is 16.7. The number of pyridine rings is 1. The summed E-state index contributed by atoms with van der Waals surface area (Å²) < 4.78 is 5.33. The Balaban J connectivity index is 1.64. The Bertz CT molecular complexity index is 700. The Morgan fingerprint density at radius 2 is 2.08 bits per heavy atom. The zero-order valence-corrected chi connectivity index (χ0v) is 14.3. The lowest BCUT2D eigenvalue weighted by Gasteiger charge is -2.27. The number of amides is 1. The molecule has 1 aliphatic heterocycles. The fourth-order valence-corrected chi connectivity index (χ4v) is 2.84. The van der Waals surface area contributed by atoms with Gasteiger partial charge in [-0.3, -0.25) is 4.79 Å². The van der Waals surface area contributed by atoms with Gasteiger partial charge in [-0.05, 0) is 36.8 Å². The molecule has 1 aliphatic rings. The molecule has 1 N–H and O–H groups in total. The van der Waals surface area contributed by atoms with Gasteiger partial charge in [-0.25, -0.2) is 4.98 Å². The molecule has 2 heterocycles. The Hall–Kier alpha value is -2.11. The van der Waals surface area contributed by atoms with Crippen LogP contribution in [0.15, 0.2) is 42.6 Å². The molecule has 0 bridgehead atoms. The highest BCUT2D eigenvalue weighted by atomic mass is 35.5. The van der Waals surface area contributed by atoms with Gasteiger partial charge in [0.05, 0.1) is 24.8 Å². The third-order valence-electron chi connectivity index (χ3n) is 4.04. The summed E-state index contributed by atoms with van der Waals surface area (Å²) in [4.78, 5) is 18.9. The zero-order valence-electron chi connectivity index (χ0n) is 13.5. The number of benzene rings is 1. The van der Waals surface area contributed by atoms with Crippen molar-refractivity contribution in [2.45, 2.75) is 13.0 Å². The number of anilines is 1. The van der Waals surface area contributed by atoms with E-state index in [0.29, 0.717) is 23.8 Å². The van der Waals surface area contributed by atoms with Crippen molar-refractivity contribution >= 4 is 23.3 Å². The second-order valence-corrected chi connectivity index (χ2v) is 6.19. The van der Waals surface area contributed by atoms with E-state index in [2.05, 4.69) is 15.2 Å². The van der Waals surface area contributed by atoms with Crippen LogP contribution in [0, 0.1) is 0 Å². The number of nitrogens with one attached hydrogen (secondary N) is 1. The molecule has 24 heavy (non-hydrogen) atoms. The average Bonchev–Trinajstić information content (AvgIpc) is 2.62. The monoisotopic (exact) mass is 345 g/mol. The summed E-state index contributed by atoms with van der Waals surface area (Å²) in [6.45, 7) is 5.00. The van der Waals surface area contributed by atoms with E-state index < -0.39 is 0 Å². The minimum absolute atomic E-state index is 0.130. The number of hydrogen-bond acceptors (Lipinski definition) is 4. The first-order valence-electron chi connectivity index (χ1n) is 7.98. The molecule has 0 unspecified atom stereocenters. The van der Waals surface area contributed by atoms with E-state index in [9.17, 15) is 4.79 Å². The van der Waals surface area contributed by atoms with Crippen molar-refractivity contribution in [2.24, 2.45) is 0 Å². The van der Waals surface area contributed by atoms with Crippen molar-refractivity contribution < 1.29 is 9.53 Å². The highest BCUT2D eigenvalue weighted by Gasteiger charge is 2.15. The molecule has 2 aromatic rings. The van der Waals surface area contributed by atoms with Gasteiger partial charge in [-0.15, -0.1) is 0 Å². The van der Waals surface area contributed by atoms with Crippen molar-refractivity contribution in [3.8, 4) is 0 Å². The quantitative estimate of drug-likeness (QED) is 0.925. The Kier molecular flexibility index (Phi) is 5.33. The minimum Gasteiger partial charge on any atom is -0.378 e. The van der Waals surface area contributed by atoms with E-state index >= 15 is 0 Å². The Labute approximate surface area is 146 Å². The number of rotatable bonds is 4. The van der Waals surface area contributed by atoms with Gasteiger partial charge in [0, 0.05) is 24.3 Å². The summed E-state index contributed by atoms with van der Waals surface area (Å²) in [5, 5.41) is 3.63. The lowest BCUT2D eigenvalue weighted by Crippen LogP contribution is -2.36. The third-order valence-corrected chi connectivity index (χ3v) is 4.28. The van der Waals surface area contributed by atoms with E-state index in [1.807, 2.05) is 37.3 Å². The van der Waals surface area contributed by atoms with Crippen LogP contribution in [0.25, 0.3) is 0 Å². The van der Waals surface area contributed by atoms with Crippen LogP contribution in [0.5, 0.6) is 0 Å². The minimum atomic E-state index is -0.150. The molecule has 1 fully saturated rings. The molecule has 126 valence electrons. The summed E-state index contributed by atoms with van der Waals surface area (Å²) in [5.41, 5.74) is 1.51. The molecule has 5 nitrogen and oxygen atoms in total. The number of halogens is 1. The van der Waals surface area contributed by atoms with Crippen molar-refractivity contribution in [1.29, 1.82) is 0 Å². The standard InChI is InChI=1S/C18H20ClN3O2/c1-13(14-3-2-4-16(19)11-14)21-18(23)15-5-6-17(20-12-15)22-7-9-24-10-8-22/h2-6,11-13H,7-10H2,1H3,(H,21,23)/t13-/m0/s1. The number of carbonyl (C=O) groups excluding carboxylic acids is 1. The molecular weight excluding hydrogens is 326 g/mol. The molecule has 0 spiro atoms. The molecule has 1 aromatic carbocycles. The predicted octanol–water partition coefficient (Wildman–Crippen LogP) is 3.06. The van der Waals surface area contributed by atoms with Crippen LogP contribution in [0.2, 0.25) is 5.02 Å². The molecule has 6 heteroatoms. The number of ether oxygens (including phenoxy) is 1. The molecule has 3 rings (SSSR count). The lowest BCUT2D eigenvalue weighted by atomic mass is 10.1. The van der Waals surface area contributed by atoms with Crippen LogP contribution in [-0.2, 0) is 4.74 Å². The molecule has 0 saturated carbocycles. The van der Waals surface area contributed by atoms with Crippen LogP contribution in [-0.4, -0.2) is 37.2 Å². The second-order valence-electron chi connectivity index (χ2n) is 5.75. The normalized spacial score (nSPS) is 15.8.